The fraction of sp³-hybridized carbons (Fsp3) is 0.294. The summed E-state index contributed by atoms with van der Waals surface area (Å²) in [6, 6.07) is 13.3. The van der Waals surface area contributed by atoms with E-state index in [0.717, 1.165) is 23.3 Å². The van der Waals surface area contributed by atoms with E-state index in [9.17, 15) is 5.11 Å². The van der Waals surface area contributed by atoms with Crippen LogP contribution in [0.1, 0.15) is 11.1 Å². The van der Waals surface area contributed by atoms with Crippen molar-refractivity contribution in [3.05, 3.63) is 63.6 Å². The molecule has 0 aliphatic rings. The van der Waals surface area contributed by atoms with E-state index < -0.39 is 0 Å². The van der Waals surface area contributed by atoms with Crippen molar-refractivity contribution in [3.63, 3.8) is 0 Å². The Morgan fingerprint density at radius 3 is 2.62 bits per heavy atom. The zero-order valence-electron chi connectivity index (χ0n) is 11.9. The second-order valence-electron chi connectivity index (χ2n) is 5.04. The molecule has 0 amide bonds. The maximum Gasteiger partial charge on any atom is 0.119 e. The van der Waals surface area contributed by atoms with Gasteiger partial charge in [0.05, 0.1) is 7.11 Å². The molecule has 0 heterocycles. The zero-order chi connectivity index (χ0) is 15.2. The summed E-state index contributed by atoms with van der Waals surface area (Å²) in [4.78, 5) is 0. The molecule has 0 aliphatic carbocycles. The van der Waals surface area contributed by atoms with E-state index in [1.165, 1.54) is 0 Å². The van der Waals surface area contributed by atoms with Crippen molar-refractivity contribution in [1.29, 1.82) is 0 Å². The van der Waals surface area contributed by atoms with Gasteiger partial charge in [-0.2, -0.15) is 0 Å². The number of aliphatic hydroxyl groups excluding tert-OH is 1. The van der Waals surface area contributed by atoms with Gasteiger partial charge in [0.1, 0.15) is 5.75 Å². The van der Waals surface area contributed by atoms with Gasteiger partial charge in [-0.1, -0.05) is 35.3 Å². The van der Waals surface area contributed by atoms with Crippen LogP contribution in [0, 0.1) is 5.92 Å². The lowest BCUT2D eigenvalue weighted by atomic mass is 9.93. The number of hydrogen-bond acceptors (Lipinski definition) is 2. The Morgan fingerprint density at radius 2 is 1.90 bits per heavy atom. The first kappa shape index (κ1) is 16.2. The predicted molar refractivity (Wildman–Crippen MR) is 87.4 cm³/mol. The van der Waals surface area contributed by atoms with Gasteiger partial charge in [0.2, 0.25) is 0 Å². The molecule has 2 aromatic carbocycles. The monoisotopic (exact) mass is 324 g/mol. The lowest BCUT2D eigenvalue weighted by Crippen LogP contribution is -2.13. The van der Waals surface area contributed by atoms with E-state index in [4.69, 9.17) is 27.9 Å². The van der Waals surface area contributed by atoms with E-state index in [0.29, 0.717) is 16.5 Å². The standard InChI is InChI=1S/C17H18Cl2O2/c1-21-16-4-2-3-12(9-16)7-13(11-20)8-14-10-15(18)5-6-17(14)19/h2-6,9-10,13,20H,7-8,11H2,1H3. The molecule has 112 valence electrons. The van der Waals surface area contributed by atoms with E-state index >= 15 is 0 Å². The van der Waals surface area contributed by atoms with Crippen LogP contribution >= 0.6 is 23.2 Å². The van der Waals surface area contributed by atoms with Gasteiger partial charge in [-0.05, 0) is 60.2 Å². The summed E-state index contributed by atoms with van der Waals surface area (Å²) in [5.41, 5.74) is 2.10. The van der Waals surface area contributed by atoms with Crippen LogP contribution in [0.25, 0.3) is 0 Å². The molecule has 0 saturated heterocycles. The maximum atomic E-state index is 9.63. The van der Waals surface area contributed by atoms with Crippen LogP contribution in [0.5, 0.6) is 5.75 Å². The molecule has 1 atom stereocenters. The second kappa shape index (κ2) is 7.69. The second-order valence-corrected chi connectivity index (χ2v) is 5.89. The Labute approximate surface area is 135 Å². The molecule has 0 aromatic heterocycles. The number of halogens is 2. The summed E-state index contributed by atoms with van der Waals surface area (Å²) in [6.45, 7) is 0.0973. The third-order valence-electron chi connectivity index (χ3n) is 3.43. The van der Waals surface area contributed by atoms with Gasteiger partial charge >= 0.3 is 0 Å². The minimum atomic E-state index is 0.0908. The third-order valence-corrected chi connectivity index (χ3v) is 4.04. The minimum Gasteiger partial charge on any atom is -0.497 e. The van der Waals surface area contributed by atoms with E-state index in [1.54, 1.807) is 19.2 Å². The van der Waals surface area contributed by atoms with Gasteiger partial charge in [-0.3, -0.25) is 0 Å². The van der Waals surface area contributed by atoms with Gasteiger partial charge < -0.3 is 9.84 Å². The van der Waals surface area contributed by atoms with Crippen LogP contribution in [0.15, 0.2) is 42.5 Å². The number of rotatable bonds is 6. The van der Waals surface area contributed by atoms with E-state index in [-0.39, 0.29) is 12.5 Å². The topological polar surface area (TPSA) is 29.5 Å². The van der Waals surface area contributed by atoms with Crippen LogP contribution in [0.4, 0.5) is 0 Å². The van der Waals surface area contributed by atoms with Crippen LogP contribution in [-0.4, -0.2) is 18.8 Å². The first-order valence-electron chi connectivity index (χ1n) is 6.80. The molecule has 2 aromatic rings. The molecular formula is C17H18Cl2O2. The highest BCUT2D eigenvalue weighted by Crippen LogP contribution is 2.25. The van der Waals surface area contributed by atoms with Crippen LogP contribution in [0.3, 0.4) is 0 Å². The van der Waals surface area contributed by atoms with Gasteiger partial charge in [-0.25, -0.2) is 0 Å². The predicted octanol–water partition coefficient (Wildman–Crippen LogP) is 4.40. The lowest BCUT2D eigenvalue weighted by molar-refractivity contribution is 0.225. The number of ether oxygens (including phenoxy) is 1. The smallest absolute Gasteiger partial charge is 0.119 e. The van der Waals surface area contributed by atoms with Crippen molar-refractivity contribution in [2.45, 2.75) is 12.8 Å². The molecule has 0 saturated carbocycles. The Balaban J connectivity index is 2.10. The fourth-order valence-electron chi connectivity index (χ4n) is 2.34. The van der Waals surface area contributed by atoms with Gasteiger partial charge in [0.25, 0.3) is 0 Å². The quantitative estimate of drug-likeness (QED) is 0.853. The highest BCUT2D eigenvalue weighted by Gasteiger charge is 2.13. The van der Waals surface area contributed by atoms with Crippen molar-refractivity contribution >= 4 is 23.2 Å². The van der Waals surface area contributed by atoms with Crippen LogP contribution in [-0.2, 0) is 12.8 Å². The van der Waals surface area contributed by atoms with Gasteiger partial charge in [-0.15, -0.1) is 0 Å². The van der Waals surface area contributed by atoms with Crippen molar-refractivity contribution in [2.24, 2.45) is 5.92 Å². The first-order chi connectivity index (χ1) is 10.1. The van der Waals surface area contributed by atoms with Gasteiger partial charge in [0.15, 0.2) is 0 Å². The molecule has 21 heavy (non-hydrogen) atoms. The Hall–Kier alpha value is -1.22. The average Bonchev–Trinajstić information content (AvgIpc) is 2.50. The summed E-state index contributed by atoms with van der Waals surface area (Å²) < 4.78 is 5.22. The minimum absolute atomic E-state index is 0.0908. The molecule has 0 radical (unpaired) electrons. The molecule has 2 nitrogen and oxygen atoms in total. The number of benzene rings is 2. The molecule has 1 N–H and O–H groups in total. The SMILES string of the molecule is COc1cccc(CC(CO)Cc2cc(Cl)ccc2Cl)c1. The summed E-state index contributed by atoms with van der Waals surface area (Å²) in [6.07, 6.45) is 1.45. The Kier molecular flexibility index (Phi) is 5.92. The highest BCUT2D eigenvalue weighted by molar-refractivity contribution is 6.33. The zero-order valence-corrected chi connectivity index (χ0v) is 13.4. The normalized spacial score (nSPS) is 12.2. The maximum absolute atomic E-state index is 9.63. The number of methoxy groups -OCH3 is 1. The Bertz CT molecular complexity index is 599. The number of aliphatic hydroxyl groups is 1. The summed E-state index contributed by atoms with van der Waals surface area (Å²) in [7, 11) is 1.65. The molecule has 0 bridgehead atoms. The molecular weight excluding hydrogens is 307 g/mol. The van der Waals surface area contributed by atoms with Crippen molar-refractivity contribution in [2.75, 3.05) is 13.7 Å². The third kappa shape index (κ3) is 4.63. The van der Waals surface area contributed by atoms with Crippen LogP contribution < -0.4 is 4.74 Å². The van der Waals surface area contributed by atoms with Gasteiger partial charge in [0, 0.05) is 16.7 Å². The Morgan fingerprint density at radius 1 is 1.10 bits per heavy atom. The molecule has 0 fully saturated rings. The summed E-state index contributed by atoms with van der Waals surface area (Å²) in [5.74, 6) is 0.915. The molecule has 0 spiro atoms. The first-order valence-corrected chi connectivity index (χ1v) is 7.55. The molecule has 4 heteroatoms. The fourth-order valence-corrected chi connectivity index (χ4v) is 2.73. The van der Waals surface area contributed by atoms with Crippen molar-refractivity contribution in [3.8, 4) is 5.75 Å². The average molecular weight is 325 g/mol. The molecule has 0 aliphatic heterocycles. The van der Waals surface area contributed by atoms with E-state index in [2.05, 4.69) is 0 Å². The van der Waals surface area contributed by atoms with Crippen molar-refractivity contribution in [1.82, 2.24) is 0 Å². The van der Waals surface area contributed by atoms with Crippen LogP contribution in [0.2, 0.25) is 10.0 Å². The molecule has 1 unspecified atom stereocenters. The van der Waals surface area contributed by atoms with Crippen molar-refractivity contribution < 1.29 is 9.84 Å². The lowest BCUT2D eigenvalue weighted by Gasteiger charge is -2.16. The molecule has 2 rings (SSSR count). The largest absolute Gasteiger partial charge is 0.497 e. The number of hydrogen-bond donors (Lipinski definition) is 1. The summed E-state index contributed by atoms with van der Waals surface area (Å²) >= 11 is 12.2. The van der Waals surface area contributed by atoms with E-state index in [1.807, 2.05) is 30.3 Å². The summed E-state index contributed by atoms with van der Waals surface area (Å²) in [5, 5.41) is 11.0. The highest BCUT2D eigenvalue weighted by atomic mass is 35.5.